The van der Waals surface area contributed by atoms with Crippen molar-refractivity contribution in [1.29, 1.82) is 0 Å². The van der Waals surface area contributed by atoms with Crippen LogP contribution in [0, 0.1) is 5.82 Å². The van der Waals surface area contributed by atoms with Crippen LogP contribution >= 0.6 is 0 Å². The number of rotatable bonds is 5. The van der Waals surface area contributed by atoms with Crippen molar-refractivity contribution in [3.8, 4) is 11.1 Å². The van der Waals surface area contributed by atoms with Gasteiger partial charge in [-0.15, -0.1) is 0 Å². The molecular formula is C41H28FN. The smallest absolute Gasteiger partial charge is 0.131 e. The molecule has 0 N–H and O–H groups in total. The summed E-state index contributed by atoms with van der Waals surface area (Å²) in [5, 5.41) is 1.58. The molecule has 8 rings (SSSR count). The molecule has 0 atom stereocenters. The molecule has 0 unspecified atom stereocenters. The first-order valence-corrected chi connectivity index (χ1v) is 14.6. The summed E-state index contributed by atoms with van der Waals surface area (Å²) in [6, 6.07) is 58.8. The molecule has 0 aliphatic heterocycles. The lowest BCUT2D eigenvalue weighted by molar-refractivity contribution is 0.640. The number of hydrogen-bond donors (Lipinski definition) is 0. The molecule has 1 aliphatic carbocycles. The SMILES string of the molecule is Fc1cccc2c3c(ccc12)C(c1ccccc1)(c1ccccc1)c1cc(N(c2ccccc2)c2ccccc2)ccc1-3. The van der Waals surface area contributed by atoms with Gasteiger partial charge < -0.3 is 4.90 Å². The molecule has 0 saturated heterocycles. The van der Waals surface area contributed by atoms with Crippen molar-refractivity contribution >= 4 is 27.8 Å². The van der Waals surface area contributed by atoms with Crippen LogP contribution in [0.4, 0.5) is 21.5 Å². The third-order valence-corrected chi connectivity index (χ3v) is 8.79. The Morgan fingerprint density at radius 2 is 0.977 bits per heavy atom. The van der Waals surface area contributed by atoms with Crippen molar-refractivity contribution in [1.82, 2.24) is 0 Å². The Morgan fingerprint density at radius 3 is 1.56 bits per heavy atom. The van der Waals surface area contributed by atoms with Crippen LogP contribution in [0.5, 0.6) is 0 Å². The number of anilines is 3. The second-order valence-electron chi connectivity index (χ2n) is 11.0. The van der Waals surface area contributed by atoms with E-state index in [9.17, 15) is 0 Å². The highest BCUT2D eigenvalue weighted by Crippen LogP contribution is 2.58. The molecule has 2 heteroatoms. The molecule has 43 heavy (non-hydrogen) atoms. The van der Waals surface area contributed by atoms with Crippen LogP contribution in [-0.4, -0.2) is 0 Å². The van der Waals surface area contributed by atoms with E-state index in [1.165, 1.54) is 22.3 Å². The van der Waals surface area contributed by atoms with Gasteiger partial charge in [0.15, 0.2) is 0 Å². The minimum absolute atomic E-state index is 0.199. The van der Waals surface area contributed by atoms with Crippen molar-refractivity contribution in [2.24, 2.45) is 0 Å². The lowest BCUT2D eigenvalue weighted by atomic mass is 9.67. The van der Waals surface area contributed by atoms with Crippen molar-refractivity contribution in [3.63, 3.8) is 0 Å². The lowest BCUT2D eigenvalue weighted by Gasteiger charge is -2.35. The summed E-state index contributed by atoms with van der Waals surface area (Å²) in [6.07, 6.45) is 0. The van der Waals surface area contributed by atoms with Gasteiger partial charge in [0, 0.05) is 22.4 Å². The standard InChI is InChI=1S/C41H28FN/c42-39-23-13-22-35-34(39)26-27-37-40(35)36-25-24-33(43(31-18-9-3-10-19-31)32-20-11-4-12-21-32)28-38(36)41(37,29-14-5-1-6-15-29)30-16-7-2-8-17-30/h1-28H. The van der Waals surface area contributed by atoms with Gasteiger partial charge in [0.1, 0.15) is 5.82 Å². The number of nitrogens with zero attached hydrogens (tertiary/aromatic N) is 1. The average Bonchev–Trinajstić information content (AvgIpc) is 3.38. The van der Waals surface area contributed by atoms with Gasteiger partial charge in [-0.3, -0.25) is 0 Å². The van der Waals surface area contributed by atoms with E-state index in [0.717, 1.165) is 33.6 Å². The van der Waals surface area contributed by atoms with E-state index >= 15 is 4.39 Å². The Kier molecular flexibility index (Phi) is 5.94. The van der Waals surface area contributed by atoms with Gasteiger partial charge in [-0.1, -0.05) is 127 Å². The predicted molar refractivity (Wildman–Crippen MR) is 176 cm³/mol. The summed E-state index contributed by atoms with van der Waals surface area (Å²) < 4.78 is 15.2. The Bertz CT molecular complexity index is 1990. The third kappa shape index (κ3) is 3.84. The molecule has 0 aromatic heterocycles. The molecule has 1 aliphatic rings. The van der Waals surface area contributed by atoms with Crippen LogP contribution in [0.2, 0.25) is 0 Å². The molecular weight excluding hydrogens is 525 g/mol. The molecule has 0 amide bonds. The number of para-hydroxylation sites is 2. The number of benzene rings is 7. The highest BCUT2D eigenvalue weighted by atomic mass is 19.1. The van der Waals surface area contributed by atoms with Crippen molar-refractivity contribution in [2.45, 2.75) is 5.41 Å². The van der Waals surface area contributed by atoms with Crippen LogP contribution in [0.3, 0.4) is 0 Å². The minimum atomic E-state index is -0.594. The summed E-state index contributed by atoms with van der Waals surface area (Å²) in [7, 11) is 0. The molecule has 1 nitrogen and oxygen atoms in total. The van der Waals surface area contributed by atoms with Crippen LogP contribution in [0.25, 0.3) is 21.9 Å². The number of hydrogen-bond acceptors (Lipinski definition) is 1. The normalized spacial score (nSPS) is 13.0. The van der Waals surface area contributed by atoms with E-state index in [1.807, 2.05) is 24.3 Å². The first-order chi connectivity index (χ1) is 21.3. The molecule has 7 aromatic carbocycles. The van der Waals surface area contributed by atoms with Gasteiger partial charge in [-0.2, -0.15) is 0 Å². The van der Waals surface area contributed by atoms with E-state index < -0.39 is 5.41 Å². The van der Waals surface area contributed by atoms with Crippen molar-refractivity contribution < 1.29 is 4.39 Å². The van der Waals surface area contributed by atoms with Crippen molar-refractivity contribution in [3.05, 3.63) is 198 Å². The van der Waals surface area contributed by atoms with E-state index in [4.69, 9.17) is 0 Å². The first kappa shape index (κ1) is 25.3. The van der Waals surface area contributed by atoms with Gasteiger partial charge in [0.05, 0.1) is 5.41 Å². The quantitative estimate of drug-likeness (QED) is 0.205. The van der Waals surface area contributed by atoms with Crippen LogP contribution in [-0.2, 0) is 5.41 Å². The summed E-state index contributed by atoms with van der Waals surface area (Å²) >= 11 is 0. The monoisotopic (exact) mass is 553 g/mol. The highest BCUT2D eigenvalue weighted by molar-refractivity contribution is 6.04. The topological polar surface area (TPSA) is 3.24 Å². The van der Waals surface area contributed by atoms with Gasteiger partial charge >= 0.3 is 0 Å². The molecule has 0 spiro atoms. The van der Waals surface area contributed by atoms with Crippen molar-refractivity contribution in [2.75, 3.05) is 4.90 Å². The maximum atomic E-state index is 15.2. The second kappa shape index (κ2) is 10.1. The van der Waals surface area contributed by atoms with E-state index in [2.05, 4.69) is 144 Å². The van der Waals surface area contributed by atoms with E-state index in [-0.39, 0.29) is 5.82 Å². The zero-order chi connectivity index (χ0) is 28.8. The van der Waals surface area contributed by atoms with Crippen LogP contribution in [0.15, 0.2) is 170 Å². The molecule has 0 saturated carbocycles. The van der Waals surface area contributed by atoms with Gasteiger partial charge in [-0.25, -0.2) is 4.39 Å². The van der Waals surface area contributed by atoms with Crippen LogP contribution in [0.1, 0.15) is 22.3 Å². The molecule has 0 fully saturated rings. The maximum Gasteiger partial charge on any atom is 0.131 e. The zero-order valence-electron chi connectivity index (χ0n) is 23.5. The molecule has 0 radical (unpaired) electrons. The van der Waals surface area contributed by atoms with Gasteiger partial charge in [0.25, 0.3) is 0 Å². The summed E-state index contributed by atoms with van der Waals surface area (Å²) in [4.78, 5) is 2.31. The summed E-state index contributed by atoms with van der Waals surface area (Å²) in [5.74, 6) is -0.199. The second-order valence-corrected chi connectivity index (χ2v) is 11.0. The van der Waals surface area contributed by atoms with Gasteiger partial charge in [-0.05, 0) is 81.2 Å². The Labute approximate surface area is 251 Å². The first-order valence-electron chi connectivity index (χ1n) is 14.6. The van der Waals surface area contributed by atoms with Gasteiger partial charge in [0.2, 0.25) is 0 Å². The lowest BCUT2D eigenvalue weighted by Crippen LogP contribution is -2.28. The summed E-state index contributed by atoms with van der Waals surface area (Å²) in [5.41, 5.74) is 9.58. The highest BCUT2D eigenvalue weighted by Gasteiger charge is 2.47. The van der Waals surface area contributed by atoms with E-state index in [0.29, 0.717) is 5.39 Å². The van der Waals surface area contributed by atoms with E-state index in [1.54, 1.807) is 6.07 Å². The Hall–Kier alpha value is -5.47. The fourth-order valence-electron chi connectivity index (χ4n) is 7.03. The Morgan fingerprint density at radius 1 is 0.419 bits per heavy atom. The molecule has 204 valence electrons. The molecule has 7 aromatic rings. The zero-order valence-corrected chi connectivity index (χ0v) is 23.5. The maximum absolute atomic E-state index is 15.2. The molecule has 0 bridgehead atoms. The number of halogens is 1. The third-order valence-electron chi connectivity index (χ3n) is 8.79. The fraction of sp³-hybridized carbons (Fsp3) is 0.0244. The predicted octanol–water partition coefficient (Wildman–Crippen LogP) is 10.8. The molecule has 0 heterocycles. The average molecular weight is 554 g/mol. The minimum Gasteiger partial charge on any atom is -0.310 e. The number of fused-ring (bicyclic) bond motifs is 5. The fourth-order valence-corrected chi connectivity index (χ4v) is 7.03. The van der Waals surface area contributed by atoms with Crippen LogP contribution < -0.4 is 4.90 Å². The summed E-state index contributed by atoms with van der Waals surface area (Å²) in [6.45, 7) is 0. The largest absolute Gasteiger partial charge is 0.310 e. The Balaban J connectivity index is 1.50.